The summed E-state index contributed by atoms with van der Waals surface area (Å²) < 4.78 is 53.9. The number of aliphatic hydroxyl groups excluding tert-OH is 1. The number of benzene rings is 5. The number of halogens is 6. The standard InChI is InChI=1S/C31H36ClFN2O3.C19H22ClFN2O2.C3H4Cl2O2/c1-23-20-35(29-15-14-27(19-28(29)32)36-17-18-38-31-9-5-6-16-37-31)30(25-10-12-26(33)13-11-25)22-34(23)21-24-7-3-2-4-8-24;1-13-12-23(18-7-6-16(10-17(18)20)25-9-8-24)19(11-22-13)14-2-4-15(21)5-3-14;1-2(4)7-3(5)6/h2-4,7-8,10-15,19,23,30-31H,5-6,9,16-18,20-22H2,1H3;2-7,10,13,19,22,24H,8-9,11-12H2,1H3;2H,1H3/t23-,30+,31?;13-,19+;/m11./s1. The molecule has 0 bridgehead atoms. The van der Waals surface area contributed by atoms with Gasteiger partial charge in [0.2, 0.25) is 0 Å². The molecule has 17 heteroatoms. The molecule has 5 aromatic carbocycles. The summed E-state index contributed by atoms with van der Waals surface area (Å²) in [7, 11) is 0. The predicted octanol–water partition coefficient (Wildman–Crippen LogP) is 12.2. The van der Waals surface area contributed by atoms with Gasteiger partial charge in [0.25, 0.3) is 0 Å². The average molecular weight is 1050 g/mol. The maximum absolute atomic E-state index is 13.8. The van der Waals surface area contributed by atoms with Gasteiger partial charge < -0.3 is 43.9 Å². The van der Waals surface area contributed by atoms with Gasteiger partial charge in [-0.25, -0.2) is 13.6 Å². The molecule has 3 aliphatic heterocycles. The minimum Gasteiger partial charge on any atom is -0.491 e. The third-order valence-corrected chi connectivity index (χ3v) is 12.8. The first-order valence-corrected chi connectivity index (χ1v) is 25.1. The van der Waals surface area contributed by atoms with Crippen molar-refractivity contribution in [2.75, 3.05) is 69.0 Å². The van der Waals surface area contributed by atoms with E-state index in [4.69, 9.17) is 70.5 Å². The number of nitrogens with one attached hydrogen (secondary N) is 1. The summed E-state index contributed by atoms with van der Waals surface area (Å²) in [6, 6.07) is 36.1. The maximum atomic E-state index is 13.8. The van der Waals surface area contributed by atoms with Crippen LogP contribution >= 0.6 is 46.4 Å². The fourth-order valence-corrected chi connectivity index (χ4v) is 9.37. The Morgan fingerprint density at radius 2 is 1.36 bits per heavy atom. The van der Waals surface area contributed by atoms with E-state index in [1.807, 2.05) is 60.7 Å². The van der Waals surface area contributed by atoms with Crippen LogP contribution in [0.2, 0.25) is 10.0 Å². The van der Waals surface area contributed by atoms with Crippen LogP contribution in [0.4, 0.5) is 25.0 Å². The molecule has 0 radical (unpaired) electrons. The lowest BCUT2D eigenvalue weighted by atomic mass is 9.98. The van der Waals surface area contributed by atoms with Crippen molar-refractivity contribution >= 4 is 63.2 Å². The number of ether oxygens (including phenoxy) is 5. The molecule has 0 spiro atoms. The van der Waals surface area contributed by atoms with Crippen LogP contribution in [0, 0.1) is 11.6 Å². The van der Waals surface area contributed by atoms with Gasteiger partial charge in [0, 0.05) is 75.1 Å². The molecule has 2 N–H and O–H groups in total. The fraction of sp³-hybridized carbons (Fsp3) is 0.415. The summed E-state index contributed by atoms with van der Waals surface area (Å²) in [5.41, 5.74) is 3.75. The number of piperazine rings is 2. The topological polar surface area (TPSA) is 105 Å². The Balaban J connectivity index is 0.000000215. The van der Waals surface area contributed by atoms with E-state index < -0.39 is 11.0 Å². The third kappa shape index (κ3) is 16.9. The van der Waals surface area contributed by atoms with E-state index >= 15 is 0 Å². The van der Waals surface area contributed by atoms with Crippen molar-refractivity contribution in [1.29, 1.82) is 0 Å². The first kappa shape index (κ1) is 54.9. The summed E-state index contributed by atoms with van der Waals surface area (Å²) in [5.74, 6) is 0.866. The molecule has 3 fully saturated rings. The van der Waals surface area contributed by atoms with Crippen LogP contribution < -0.4 is 24.6 Å². The number of carbonyl (C=O) groups is 1. The normalized spacial score (nSPS) is 20.8. The highest BCUT2D eigenvalue weighted by Crippen LogP contribution is 2.40. The number of anilines is 2. The Labute approximate surface area is 430 Å². The van der Waals surface area contributed by atoms with Gasteiger partial charge in [0.05, 0.1) is 46.7 Å². The van der Waals surface area contributed by atoms with Crippen molar-refractivity contribution in [2.45, 2.75) is 82.6 Å². The molecule has 0 aliphatic carbocycles. The highest BCUT2D eigenvalue weighted by atomic mass is 35.5. The molecule has 2 unspecified atom stereocenters. The van der Waals surface area contributed by atoms with Gasteiger partial charge in [0.1, 0.15) is 36.3 Å². The van der Waals surface area contributed by atoms with Gasteiger partial charge in [-0.05, 0) is 105 Å². The molecule has 6 atom stereocenters. The van der Waals surface area contributed by atoms with Gasteiger partial charge in [-0.3, -0.25) is 4.90 Å². The monoisotopic (exact) mass is 1040 g/mol. The zero-order valence-corrected chi connectivity index (χ0v) is 42.7. The highest BCUT2D eigenvalue weighted by Gasteiger charge is 2.34. The molecule has 0 amide bonds. The Kier molecular flexibility index (Phi) is 22.0. The second-order valence-corrected chi connectivity index (χ2v) is 19.0. The molecule has 3 aliphatic rings. The number of nitrogens with zero attached hydrogens (tertiary/aromatic N) is 3. The van der Waals surface area contributed by atoms with Crippen LogP contribution in [-0.4, -0.2) is 98.6 Å². The second-order valence-electron chi connectivity index (χ2n) is 17.2. The van der Waals surface area contributed by atoms with Crippen molar-refractivity contribution in [3.05, 3.63) is 154 Å². The molecule has 11 nitrogen and oxygen atoms in total. The van der Waals surface area contributed by atoms with Crippen molar-refractivity contribution in [1.82, 2.24) is 10.2 Å². The van der Waals surface area contributed by atoms with Gasteiger partial charge in [-0.2, -0.15) is 0 Å². The predicted molar refractivity (Wildman–Crippen MR) is 275 cm³/mol. The van der Waals surface area contributed by atoms with E-state index in [9.17, 15) is 13.6 Å². The summed E-state index contributed by atoms with van der Waals surface area (Å²) in [5, 5.41) is 13.6. The SMILES string of the molecule is CC(Cl)OC(=O)Cl.C[C@@H]1CN(c2ccc(OCCO)cc2Cl)[C@H](c2ccc(F)cc2)CN1.C[C@@H]1CN(c2ccc(OCCOC3CCCCO3)cc2Cl)[C@H](c2ccc(F)cc2)CN1Cc1ccccc1. The summed E-state index contributed by atoms with van der Waals surface area (Å²) in [4.78, 5) is 16.8. The Bertz CT molecular complexity index is 2350. The van der Waals surface area contributed by atoms with Crippen LogP contribution in [0.25, 0.3) is 0 Å². The van der Waals surface area contributed by atoms with Crippen LogP contribution in [0.15, 0.2) is 115 Å². The number of carbonyl (C=O) groups excluding carboxylic acids is 1. The number of aliphatic hydroxyl groups is 1. The van der Waals surface area contributed by atoms with Gasteiger partial charge >= 0.3 is 5.43 Å². The second kappa shape index (κ2) is 28.0. The lowest BCUT2D eigenvalue weighted by Crippen LogP contribution is -2.53. The van der Waals surface area contributed by atoms with Crippen molar-refractivity contribution in [2.24, 2.45) is 0 Å². The molecule has 70 heavy (non-hydrogen) atoms. The van der Waals surface area contributed by atoms with Crippen LogP contribution in [0.5, 0.6) is 11.5 Å². The zero-order chi connectivity index (χ0) is 50.0. The fourth-order valence-electron chi connectivity index (χ4n) is 8.56. The van der Waals surface area contributed by atoms with E-state index in [-0.39, 0.29) is 43.2 Å². The molecule has 3 heterocycles. The third-order valence-electron chi connectivity index (χ3n) is 12.0. The Morgan fingerprint density at radius 3 is 1.89 bits per heavy atom. The Hall–Kier alpha value is -4.41. The molecule has 378 valence electrons. The summed E-state index contributed by atoms with van der Waals surface area (Å²) >= 11 is 23.2. The largest absolute Gasteiger partial charge is 0.491 e. The minimum atomic E-state index is -0.873. The zero-order valence-electron chi connectivity index (χ0n) is 39.6. The molecule has 0 saturated carbocycles. The van der Waals surface area contributed by atoms with Gasteiger partial charge in [0.15, 0.2) is 11.9 Å². The van der Waals surface area contributed by atoms with E-state index in [2.05, 4.69) is 62.9 Å². The molecular formula is C53H62Cl4F2N4O7. The minimum absolute atomic E-state index is 0.0312. The van der Waals surface area contributed by atoms with Gasteiger partial charge in [-0.15, -0.1) is 0 Å². The number of hydrogen-bond acceptors (Lipinski definition) is 11. The first-order valence-electron chi connectivity index (χ1n) is 23.5. The van der Waals surface area contributed by atoms with Crippen LogP contribution in [0.3, 0.4) is 0 Å². The van der Waals surface area contributed by atoms with E-state index in [0.717, 1.165) is 81.1 Å². The van der Waals surface area contributed by atoms with Crippen molar-refractivity contribution in [3.63, 3.8) is 0 Å². The molecule has 3 saturated heterocycles. The van der Waals surface area contributed by atoms with Crippen LogP contribution in [-0.2, 0) is 20.8 Å². The van der Waals surface area contributed by atoms with E-state index in [1.54, 1.807) is 6.07 Å². The first-order chi connectivity index (χ1) is 33.8. The lowest BCUT2D eigenvalue weighted by molar-refractivity contribution is -0.165. The summed E-state index contributed by atoms with van der Waals surface area (Å²) in [6.07, 6.45) is 3.06. The maximum Gasteiger partial charge on any atom is 0.405 e. The molecule has 8 rings (SSSR count). The summed E-state index contributed by atoms with van der Waals surface area (Å²) in [6.45, 7) is 11.7. The van der Waals surface area contributed by atoms with Crippen LogP contribution in [0.1, 0.15) is 68.8 Å². The highest BCUT2D eigenvalue weighted by molar-refractivity contribution is 6.61. The molecule has 0 aromatic heterocycles. The molecule has 5 aromatic rings. The number of hydrogen-bond donors (Lipinski definition) is 2. The van der Waals surface area contributed by atoms with Gasteiger partial charge in [-0.1, -0.05) is 89.4 Å². The van der Waals surface area contributed by atoms with Crippen molar-refractivity contribution < 1.29 is 42.4 Å². The number of alkyl halides is 1. The number of rotatable bonds is 15. The Morgan fingerprint density at radius 1 is 0.771 bits per heavy atom. The molecular weight excluding hydrogens is 984 g/mol. The smallest absolute Gasteiger partial charge is 0.405 e. The average Bonchev–Trinajstić information content (AvgIpc) is 3.34. The van der Waals surface area contributed by atoms with E-state index in [1.165, 1.54) is 36.8 Å². The quantitative estimate of drug-likeness (QED) is 0.0595. The van der Waals surface area contributed by atoms with Crippen molar-refractivity contribution in [3.8, 4) is 11.5 Å². The lowest BCUT2D eigenvalue weighted by Gasteiger charge is -2.47. The van der Waals surface area contributed by atoms with E-state index in [0.29, 0.717) is 46.8 Å².